The summed E-state index contributed by atoms with van der Waals surface area (Å²) >= 11 is 0. The van der Waals surface area contributed by atoms with Crippen molar-refractivity contribution < 1.29 is 8.78 Å². The lowest BCUT2D eigenvalue weighted by Crippen LogP contribution is -2.47. The summed E-state index contributed by atoms with van der Waals surface area (Å²) in [7, 11) is 0. The van der Waals surface area contributed by atoms with Crippen LogP contribution >= 0.6 is 0 Å². The third-order valence-corrected chi connectivity index (χ3v) is 6.02. The van der Waals surface area contributed by atoms with Gasteiger partial charge < -0.3 is 16.0 Å². The van der Waals surface area contributed by atoms with E-state index in [-0.39, 0.29) is 17.0 Å². The number of nitrogens with one attached hydrogen (secondary N) is 1. The van der Waals surface area contributed by atoms with Gasteiger partial charge in [0.2, 0.25) is 0 Å². The summed E-state index contributed by atoms with van der Waals surface area (Å²) in [6, 6.07) is 5.24. The topological polar surface area (TPSA) is 41.3 Å². The standard InChI is InChI=1S/C24H33F2N3/c1-16(2)20-13-29(14-20)22(7-8-27)11-21-10-17-5-6-18(23(25)26)9-19(17)12-24(3,4)15-28-21/h5-9,11,20-21,23,28H,1,10,12-15,27H2,2-4H3/b8-7-,22-11+. The summed E-state index contributed by atoms with van der Waals surface area (Å²) < 4.78 is 26.4. The minimum atomic E-state index is -2.43. The number of rotatable bonds is 5. The van der Waals surface area contributed by atoms with Gasteiger partial charge in [-0.1, -0.05) is 38.1 Å². The van der Waals surface area contributed by atoms with E-state index >= 15 is 0 Å². The van der Waals surface area contributed by atoms with E-state index in [9.17, 15) is 8.78 Å². The monoisotopic (exact) mass is 401 g/mol. The lowest BCUT2D eigenvalue weighted by Gasteiger charge is -2.43. The molecule has 2 heterocycles. The van der Waals surface area contributed by atoms with Crippen LogP contribution in [-0.4, -0.2) is 30.6 Å². The predicted molar refractivity (Wildman–Crippen MR) is 116 cm³/mol. The van der Waals surface area contributed by atoms with Crippen molar-refractivity contribution in [1.29, 1.82) is 0 Å². The van der Waals surface area contributed by atoms with Crippen molar-refractivity contribution in [2.45, 2.75) is 46.1 Å². The number of hydrogen-bond acceptors (Lipinski definition) is 3. The van der Waals surface area contributed by atoms with Gasteiger partial charge in [0.25, 0.3) is 6.43 Å². The second-order valence-corrected chi connectivity index (χ2v) is 9.26. The van der Waals surface area contributed by atoms with Crippen LogP contribution < -0.4 is 11.1 Å². The maximum Gasteiger partial charge on any atom is 0.263 e. The van der Waals surface area contributed by atoms with Crippen LogP contribution in [0.25, 0.3) is 0 Å². The molecule has 0 saturated carbocycles. The van der Waals surface area contributed by atoms with Crippen LogP contribution in [0.1, 0.15) is 43.9 Å². The SMILES string of the molecule is C=C(C)C1CN(C(/C=C\N)=C/C2Cc3ccc(C(F)F)cc3CC(C)(C)CN2)C1. The van der Waals surface area contributed by atoms with Gasteiger partial charge in [0.1, 0.15) is 0 Å². The fraction of sp³-hybridized carbons (Fsp3) is 0.500. The van der Waals surface area contributed by atoms with Gasteiger partial charge in [-0.2, -0.15) is 0 Å². The van der Waals surface area contributed by atoms with Crippen molar-refractivity contribution in [3.63, 3.8) is 0 Å². The molecule has 0 amide bonds. The average Bonchev–Trinajstić information content (AvgIpc) is 2.58. The van der Waals surface area contributed by atoms with Gasteiger partial charge in [0.05, 0.1) is 0 Å². The second-order valence-electron chi connectivity index (χ2n) is 9.26. The highest BCUT2D eigenvalue weighted by Gasteiger charge is 2.30. The van der Waals surface area contributed by atoms with Crippen LogP contribution in [0.3, 0.4) is 0 Å². The Balaban J connectivity index is 1.87. The number of hydrogen-bond donors (Lipinski definition) is 2. The van der Waals surface area contributed by atoms with E-state index in [1.165, 1.54) is 5.57 Å². The van der Waals surface area contributed by atoms with E-state index in [1.807, 2.05) is 12.1 Å². The molecule has 3 N–H and O–H groups in total. The van der Waals surface area contributed by atoms with Crippen molar-refractivity contribution in [1.82, 2.24) is 10.2 Å². The molecule has 1 fully saturated rings. The van der Waals surface area contributed by atoms with E-state index in [4.69, 9.17) is 5.73 Å². The van der Waals surface area contributed by atoms with Gasteiger partial charge >= 0.3 is 0 Å². The first-order chi connectivity index (χ1) is 13.7. The molecule has 0 spiro atoms. The average molecular weight is 402 g/mol. The highest BCUT2D eigenvalue weighted by atomic mass is 19.3. The van der Waals surface area contributed by atoms with E-state index in [0.717, 1.165) is 49.3 Å². The van der Waals surface area contributed by atoms with Crippen molar-refractivity contribution in [2.75, 3.05) is 19.6 Å². The molecule has 1 aromatic carbocycles. The van der Waals surface area contributed by atoms with Crippen LogP contribution in [0.15, 0.2) is 54.4 Å². The van der Waals surface area contributed by atoms with Crippen LogP contribution in [0.4, 0.5) is 8.78 Å². The number of nitrogens with two attached hydrogens (primary N) is 1. The molecule has 2 aliphatic rings. The van der Waals surface area contributed by atoms with E-state index in [2.05, 4.69) is 43.6 Å². The first-order valence-electron chi connectivity index (χ1n) is 10.3. The third kappa shape index (κ3) is 5.27. The molecular formula is C24H33F2N3. The Morgan fingerprint density at radius 3 is 2.66 bits per heavy atom. The number of likely N-dealkylation sites (tertiary alicyclic amines) is 1. The lowest BCUT2D eigenvalue weighted by molar-refractivity contribution is 0.151. The van der Waals surface area contributed by atoms with Gasteiger partial charge in [-0.15, -0.1) is 0 Å². The molecule has 0 radical (unpaired) electrons. The Hall–Kier alpha value is -2.14. The zero-order chi connectivity index (χ0) is 21.2. The van der Waals surface area contributed by atoms with Crippen LogP contribution in [0, 0.1) is 11.3 Å². The molecule has 2 aliphatic heterocycles. The van der Waals surface area contributed by atoms with E-state index < -0.39 is 6.43 Å². The van der Waals surface area contributed by atoms with Gasteiger partial charge in [-0.05, 0) is 60.7 Å². The first-order valence-corrected chi connectivity index (χ1v) is 10.3. The summed E-state index contributed by atoms with van der Waals surface area (Å²) in [4.78, 5) is 2.31. The highest BCUT2D eigenvalue weighted by molar-refractivity contribution is 5.36. The Bertz CT molecular complexity index is 804. The number of allylic oxidation sites excluding steroid dienone is 1. The van der Waals surface area contributed by atoms with Crippen LogP contribution in [-0.2, 0) is 12.8 Å². The predicted octanol–water partition coefficient (Wildman–Crippen LogP) is 4.57. The number of fused-ring (bicyclic) bond motifs is 1. The Morgan fingerprint density at radius 2 is 2.03 bits per heavy atom. The Morgan fingerprint density at radius 1 is 1.31 bits per heavy atom. The van der Waals surface area contributed by atoms with Gasteiger partial charge in [-0.3, -0.25) is 0 Å². The van der Waals surface area contributed by atoms with Crippen molar-refractivity contribution in [2.24, 2.45) is 17.1 Å². The number of alkyl halides is 2. The summed E-state index contributed by atoms with van der Waals surface area (Å²) in [5, 5.41) is 3.67. The summed E-state index contributed by atoms with van der Waals surface area (Å²) in [6.45, 7) is 13.2. The first kappa shape index (κ1) is 21.6. The fourth-order valence-corrected chi connectivity index (χ4v) is 4.13. The maximum absolute atomic E-state index is 13.2. The van der Waals surface area contributed by atoms with Crippen molar-refractivity contribution in [3.8, 4) is 0 Å². The normalized spacial score (nSPS) is 22.9. The van der Waals surface area contributed by atoms with E-state index in [0.29, 0.717) is 5.92 Å². The highest BCUT2D eigenvalue weighted by Crippen LogP contribution is 2.31. The molecule has 29 heavy (non-hydrogen) atoms. The van der Waals surface area contributed by atoms with Crippen LogP contribution in [0.2, 0.25) is 0 Å². The Kier molecular flexibility index (Phi) is 6.47. The molecule has 1 atom stereocenters. The maximum atomic E-state index is 13.2. The molecule has 1 aromatic rings. The van der Waals surface area contributed by atoms with Crippen molar-refractivity contribution >= 4 is 0 Å². The quantitative estimate of drug-likeness (QED) is 0.561. The fourth-order valence-electron chi connectivity index (χ4n) is 4.13. The summed E-state index contributed by atoms with van der Waals surface area (Å²) in [5.41, 5.74) is 10.3. The molecule has 5 heteroatoms. The lowest BCUT2D eigenvalue weighted by atomic mass is 9.80. The molecule has 3 nitrogen and oxygen atoms in total. The minimum Gasteiger partial charge on any atom is -0.405 e. The molecule has 158 valence electrons. The smallest absolute Gasteiger partial charge is 0.263 e. The van der Waals surface area contributed by atoms with Gasteiger partial charge in [0, 0.05) is 42.9 Å². The third-order valence-electron chi connectivity index (χ3n) is 6.02. The van der Waals surface area contributed by atoms with Crippen molar-refractivity contribution in [3.05, 3.63) is 71.1 Å². The summed E-state index contributed by atoms with van der Waals surface area (Å²) in [6.07, 6.45) is 4.88. The zero-order valence-electron chi connectivity index (χ0n) is 17.7. The Labute approximate surface area is 173 Å². The molecule has 0 aliphatic carbocycles. The molecule has 1 saturated heterocycles. The molecule has 1 unspecified atom stereocenters. The van der Waals surface area contributed by atoms with Gasteiger partial charge in [-0.25, -0.2) is 8.78 Å². The molecule has 3 rings (SSSR count). The van der Waals surface area contributed by atoms with E-state index in [1.54, 1.807) is 18.3 Å². The minimum absolute atomic E-state index is 0.0202. The zero-order valence-corrected chi connectivity index (χ0v) is 17.7. The van der Waals surface area contributed by atoms with Gasteiger partial charge in [0.15, 0.2) is 0 Å². The molecule has 0 aromatic heterocycles. The largest absolute Gasteiger partial charge is 0.405 e. The number of benzene rings is 1. The summed E-state index contributed by atoms with van der Waals surface area (Å²) in [5.74, 6) is 0.530. The number of nitrogens with zero attached hydrogens (tertiary/aromatic N) is 1. The molecular weight excluding hydrogens is 368 g/mol. The molecule has 0 bridgehead atoms. The second kappa shape index (κ2) is 8.70. The van der Waals surface area contributed by atoms with Crippen LogP contribution in [0.5, 0.6) is 0 Å². The number of halogens is 2.